The Hall–Kier alpha value is -1.33. The number of nitrogens with zero attached hydrogens (tertiary/aromatic N) is 1. The Balaban J connectivity index is 0.00000324. The third-order valence-electron chi connectivity index (χ3n) is 2.89. The van der Waals surface area contributed by atoms with E-state index in [2.05, 4.69) is 12.2 Å². The summed E-state index contributed by atoms with van der Waals surface area (Å²) in [5.41, 5.74) is 5.48. The quantitative estimate of drug-likeness (QED) is 0.821. The Bertz CT molecular complexity index is 459. The Morgan fingerprint density at radius 2 is 2.21 bits per heavy atom. The highest BCUT2D eigenvalue weighted by atomic mass is 35.5. The number of hydrogen-bond donors (Lipinski definition) is 2. The minimum Gasteiger partial charge on any atom is -0.348 e. The van der Waals surface area contributed by atoms with Crippen molar-refractivity contribution in [1.82, 2.24) is 9.88 Å². The smallest absolute Gasteiger partial charge is 0.263 e. The van der Waals surface area contributed by atoms with Gasteiger partial charge in [-0.25, -0.2) is 0 Å². The molecule has 5 nitrogen and oxygen atoms in total. The highest BCUT2D eigenvalue weighted by Crippen LogP contribution is 2.00. The minimum absolute atomic E-state index is 0. The van der Waals surface area contributed by atoms with Crippen molar-refractivity contribution < 1.29 is 4.79 Å². The molecule has 3 N–H and O–H groups in total. The third-order valence-corrected chi connectivity index (χ3v) is 2.89. The number of nitrogens with two attached hydrogens (primary N) is 1. The number of carbonyl (C=O) groups is 1. The molecule has 0 bridgehead atoms. The van der Waals surface area contributed by atoms with E-state index in [0.29, 0.717) is 6.54 Å². The summed E-state index contributed by atoms with van der Waals surface area (Å²) >= 11 is 0. The second-order valence-electron chi connectivity index (χ2n) is 4.39. The van der Waals surface area contributed by atoms with Gasteiger partial charge in [-0.2, -0.15) is 0 Å². The second kappa shape index (κ2) is 8.72. The molecule has 1 rings (SSSR count). The lowest BCUT2D eigenvalue weighted by molar-refractivity contribution is 0.0933. The summed E-state index contributed by atoms with van der Waals surface area (Å²) in [4.78, 5) is 23.7. The molecular weight excluding hydrogens is 266 g/mol. The summed E-state index contributed by atoms with van der Waals surface area (Å²) in [6, 6.07) is 3.15. The standard InChI is InChI=1S/C13H21N3O2.ClH/c1-3-4-6-10(9-14)15-12(17)11-7-5-8-16(2)13(11)18;/h5,7-8,10H,3-4,6,9,14H2,1-2H3,(H,15,17);1H. The molecule has 19 heavy (non-hydrogen) atoms. The van der Waals surface area contributed by atoms with Gasteiger partial charge in [0.1, 0.15) is 5.56 Å². The first-order valence-electron chi connectivity index (χ1n) is 6.26. The van der Waals surface area contributed by atoms with Gasteiger partial charge in [0.05, 0.1) is 0 Å². The number of unbranched alkanes of at least 4 members (excludes halogenated alkanes) is 1. The van der Waals surface area contributed by atoms with Gasteiger partial charge in [-0.3, -0.25) is 9.59 Å². The zero-order chi connectivity index (χ0) is 13.5. The largest absolute Gasteiger partial charge is 0.348 e. The van der Waals surface area contributed by atoms with E-state index < -0.39 is 0 Å². The van der Waals surface area contributed by atoms with Crippen LogP contribution in [0.4, 0.5) is 0 Å². The molecule has 0 saturated carbocycles. The molecule has 108 valence electrons. The average Bonchev–Trinajstić information content (AvgIpc) is 2.37. The number of aromatic nitrogens is 1. The highest BCUT2D eigenvalue weighted by molar-refractivity contribution is 5.93. The summed E-state index contributed by atoms with van der Waals surface area (Å²) < 4.78 is 1.39. The fraction of sp³-hybridized carbons (Fsp3) is 0.538. The summed E-state index contributed by atoms with van der Waals surface area (Å²) in [5, 5.41) is 2.81. The van der Waals surface area contributed by atoms with Gasteiger partial charge < -0.3 is 15.6 Å². The molecule has 1 heterocycles. The van der Waals surface area contributed by atoms with Gasteiger partial charge in [-0.15, -0.1) is 12.4 Å². The van der Waals surface area contributed by atoms with Gasteiger partial charge in [0.25, 0.3) is 11.5 Å². The molecule has 1 amide bonds. The van der Waals surface area contributed by atoms with E-state index >= 15 is 0 Å². The molecule has 0 aliphatic rings. The predicted octanol–water partition coefficient (Wildman–Crippen LogP) is 1.05. The number of aryl methyl sites for hydroxylation is 1. The molecule has 1 atom stereocenters. The molecule has 1 aromatic heterocycles. The van der Waals surface area contributed by atoms with Crippen molar-refractivity contribution in [3.05, 3.63) is 34.2 Å². The topological polar surface area (TPSA) is 77.1 Å². The molecule has 1 unspecified atom stereocenters. The van der Waals surface area contributed by atoms with Crippen molar-refractivity contribution in [2.24, 2.45) is 12.8 Å². The van der Waals surface area contributed by atoms with Gasteiger partial charge in [-0.1, -0.05) is 19.8 Å². The van der Waals surface area contributed by atoms with Crippen LogP contribution < -0.4 is 16.6 Å². The van der Waals surface area contributed by atoms with Crippen LogP contribution in [0.25, 0.3) is 0 Å². The van der Waals surface area contributed by atoms with E-state index in [1.807, 2.05) is 0 Å². The molecule has 0 aromatic carbocycles. The number of hydrogen-bond acceptors (Lipinski definition) is 3. The maximum atomic E-state index is 12.0. The summed E-state index contributed by atoms with van der Waals surface area (Å²) in [6.45, 7) is 2.47. The van der Waals surface area contributed by atoms with Gasteiger partial charge in [0, 0.05) is 25.8 Å². The molecule has 0 radical (unpaired) electrons. The van der Waals surface area contributed by atoms with Crippen LogP contribution in [0.3, 0.4) is 0 Å². The van der Waals surface area contributed by atoms with Crippen molar-refractivity contribution in [1.29, 1.82) is 0 Å². The highest BCUT2D eigenvalue weighted by Gasteiger charge is 2.15. The first-order valence-corrected chi connectivity index (χ1v) is 6.26. The van der Waals surface area contributed by atoms with Crippen molar-refractivity contribution in [3.63, 3.8) is 0 Å². The van der Waals surface area contributed by atoms with Crippen LogP contribution in [0.5, 0.6) is 0 Å². The molecule has 0 spiro atoms. The van der Waals surface area contributed by atoms with Crippen LogP contribution in [-0.4, -0.2) is 23.1 Å². The summed E-state index contributed by atoms with van der Waals surface area (Å²) in [6.07, 6.45) is 4.52. The van der Waals surface area contributed by atoms with Crippen LogP contribution in [0.2, 0.25) is 0 Å². The molecule has 6 heteroatoms. The van der Waals surface area contributed by atoms with E-state index in [0.717, 1.165) is 19.3 Å². The van der Waals surface area contributed by atoms with E-state index in [1.54, 1.807) is 19.3 Å². The van der Waals surface area contributed by atoms with Crippen LogP contribution in [0.1, 0.15) is 36.5 Å². The van der Waals surface area contributed by atoms with Crippen molar-refractivity contribution in [3.8, 4) is 0 Å². The lowest BCUT2D eigenvalue weighted by Crippen LogP contribution is -2.42. The Labute approximate surface area is 119 Å². The second-order valence-corrected chi connectivity index (χ2v) is 4.39. The van der Waals surface area contributed by atoms with Gasteiger partial charge in [-0.05, 0) is 18.6 Å². The third kappa shape index (κ3) is 5.04. The predicted molar refractivity (Wildman–Crippen MR) is 78.8 cm³/mol. The normalized spacial score (nSPS) is 11.5. The minimum atomic E-state index is -0.345. The van der Waals surface area contributed by atoms with Crippen LogP contribution in [-0.2, 0) is 7.05 Å². The molecule has 0 fully saturated rings. The average molecular weight is 288 g/mol. The van der Waals surface area contributed by atoms with Crippen molar-refractivity contribution in [2.45, 2.75) is 32.2 Å². The fourth-order valence-electron chi connectivity index (χ4n) is 1.73. The number of nitrogens with one attached hydrogen (secondary N) is 1. The van der Waals surface area contributed by atoms with Crippen molar-refractivity contribution in [2.75, 3.05) is 6.54 Å². The Kier molecular flexibility index (Phi) is 8.11. The Morgan fingerprint density at radius 1 is 1.53 bits per heavy atom. The number of halogens is 1. The number of rotatable bonds is 6. The van der Waals surface area contributed by atoms with Gasteiger partial charge >= 0.3 is 0 Å². The lowest BCUT2D eigenvalue weighted by Gasteiger charge is -2.16. The van der Waals surface area contributed by atoms with E-state index in [4.69, 9.17) is 5.73 Å². The van der Waals surface area contributed by atoms with Crippen molar-refractivity contribution >= 4 is 18.3 Å². The monoisotopic (exact) mass is 287 g/mol. The molecule has 0 aliphatic heterocycles. The molecule has 1 aromatic rings. The number of amides is 1. The Morgan fingerprint density at radius 3 is 2.79 bits per heavy atom. The summed E-state index contributed by atoms with van der Waals surface area (Å²) in [5.74, 6) is -0.345. The number of pyridine rings is 1. The maximum Gasteiger partial charge on any atom is 0.263 e. The first kappa shape index (κ1) is 17.7. The maximum absolute atomic E-state index is 12.0. The zero-order valence-electron chi connectivity index (χ0n) is 11.4. The number of carbonyl (C=O) groups excluding carboxylic acids is 1. The molecule has 0 saturated heterocycles. The first-order chi connectivity index (χ1) is 8.60. The van der Waals surface area contributed by atoms with Gasteiger partial charge in [0.15, 0.2) is 0 Å². The summed E-state index contributed by atoms with van der Waals surface area (Å²) in [7, 11) is 1.62. The van der Waals surface area contributed by atoms with Crippen LogP contribution in [0, 0.1) is 0 Å². The van der Waals surface area contributed by atoms with Gasteiger partial charge in [0.2, 0.25) is 0 Å². The zero-order valence-corrected chi connectivity index (χ0v) is 12.2. The van der Waals surface area contributed by atoms with Crippen LogP contribution in [0.15, 0.2) is 23.1 Å². The van der Waals surface area contributed by atoms with Crippen LogP contribution >= 0.6 is 12.4 Å². The van der Waals surface area contributed by atoms with E-state index in [-0.39, 0.29) is 35.5 Å². The van der Waals surface area contributed by atoms with E-state index in [9.17, 15) is 9.59 Å². The molecular formula is C13H22ClN3O2. The lowest BCUT2D eigenvalue weighted by atomic mass is 10.1. The SMILES string of the molecule is CCCCC(CN)NC(=O)c1cccn(C)c1=O.Cl. The molecule has 0 aliphatic carbocycles. The fourth-order valence-corrected chi connectivity index (χ4v) is 1.73. The van der Waals surface area contributed by atoms with E-state index in [1.165, 1.54) is 10.6 Å².